The van der Waals surface area contributed by atoms with Crippen LogP contribution in [0.2, 0.25) is 19.6 Å². The van der Waals surface area contributed by atoms with Gasteiger partial charge in [0.05, 0.1) is 13.7 Å². The summed E-state index contributed by atoms with van der Waals surface area (Å²) in [7, 11) is -1.27. The Kier molecular flexibility index (Phi) is 11.1. The van der Waals surface area contributed by atoms with Crippen LogP contribution in [0.5, 0.6) is 0 Å². The Hall–Kier alpha value is -4.15. The summed E-state index contributed by atoms with van der Waals surface area (Å²) in [5, 5.41) is 3.63. The number of pyridine rings is 2. The molecule has 0 bridgehead atoms. The number of furan rings is 1. The Bertz CT molecular complexity index is 2220. The van der Waals surface area contributed by atoms with E-state index in [0.29, 0.717) is 5.92 Å². The van der Waals surface area contributed by atoms with Crippen LogP contribution in [-0.4, -0.2) is 18.0 Å². The van der Waals surface area contributed by atoms with Gasteiger partial charge in [0.1, 0.15) is 5.58 Å². The molecule has 3 aromatic heterocycles. The Morgan fingerprint density at radius 3 is 2.16 bits per heavy atom. The van der Waals surface area contributed by atoms with Gasteiger partial charge in [0.2, 0.25) is 0 Å². The molecule has 0 amide bonds. The normalized spacial score (nSPS) is 11.7. The fraction of sp³-hybridized carbons (Fsp3) is 0.244. The number of hydrogen-bond acceptors (Lipinski definition) is 3. The maximum Gasteiger partial charge on any atom is 0.121 e. The molecule has 0 spiro atoms. The quantitative estimate of drug-likeness (QED) is 0.128. The van der Waals surface area contributed by atoms with Crippen molar-refractivity contribution < 1.29 is 24.5 Å². The van der Waals surface area contributed by atoms with Crippen molar-refractivity contribution in [2.24, 2.45) is 0 Å². The van der Waals surface area contributed by atoms with Gasteiger partial charge in [0.15, 0.2) is 0 Å². The van der Waals surface area contributed by atoms with Gasteiger partial charge in [-0.3, -0.25) is 0 Å². The molecule has 0 saturated heterocycles. The summed E-state index contributed by atoms with van der Waals surface area (Å²) in [5.74, 6) is 0.463. The number of aromatic nitrogens is 2. The summed E-state index contributed by atoms with van der Waals surface area (Å²) < 4.78 is 6.18. The zero-order chi connectivity index (χ0) is 34.9. The van der Waals surface area contributed by atoms with Gasteiger partial charge in [-0.15, -0.1) is 53.1 Å². The maximum absolute atomic E-state index is 6.18. The van der Waals surface area contributed by atoms with Gasteiger partial charge >= 0.3 is 0 Å². The molecule has 1 radical (unpaired) electrons. The molecule has 7 rings (SSSR count). The van der Waals surface area contributed by atoms with Crippen molar-refractivity contribution >= 4 is 35.2 Å². The molecular weight excluding hydrogens is 805 g/mol. The van der Waals surface area contributed by atoms with Gasteiger partial charge < -0.3 is 14.4 Å². The first-order valence-electron chi connectivity index (χ1n) is 17.2. The number of rotatable bonds is 5. The summed E-state index contributed by atoms with van der Waals surface area (Å²) in [5.41, 5.74) is 12.0. The topological polar surface area (TPSA) is 38.9 Å². The number of nitrogens with zero attached hydrogens (tertiary/aromatic N) is 2. The van der Waals surface area contributed by atoms with Gasteiger partial charge in [-0.1, -0.05) is 132 Å². The van der Waals surface area contributed by atoms with E-state index in [0.717, 1.165) is 50.0 Å². The Morgan fingerprint density at radius 2 is 1.50 bits per heavy atom. The first-order chi connectivity index (χ1) is 23.3. The molecule has 3 nitrogen and oxygen atoms in total. The third kappa shape index (κ3) is 8.24. The van der Waals surface area contributed by atoms with Gasteiger partial charge in [0.25, 0.3) is 0 Å². The van der Waals surface area contributed by atoms with Crippen LogP contribution in [0, 0.1) is 19.1 Å². The second-order valence-corrected chi connectivity index (χ2v) is 20.4. The van der Waals surface area contributed by atoms with Crippen molar-refractivity contribution in [3.63, 3.8) is 0 Å². The van der Waals surface area contributed by atoms with Gasteiger partial charge in [0, 0.05) is 37.9 Å². The van der Waals surface area contributed by atoms with Gasteiger partial charge in [-0.25, -0.2) is 0 Å². The third-order valence-corrected chi connectivity index (χ3v) is 11.1. The molecule has 0 aliphatic heterocycles. The van der Waals surface area contributed by atoms with E-state index in [1.807, 2.05) is 24.5 Å². The molecule has 0 fully saturated rings. The number of aryl methyl sites for hydroxylation is 1. The van der Waals surface area contributed by atoms with E-state index in [4.69, 9.17) is 4.42 Å². The molecule has 7 aromatic rings. The average Bonchev–Trinajstić information content (AvgIpc) is 3.47. The minimum Gasteiger partial charge on any atom is -0.500 e. The molecule has 0 aliphatic rings. The smallest absolute Gasteiger partial charge is 0.121 e. The largest absolute Gasteiger partial charge is 0.500 e. The molecule has 0 aliphatic carbocycles. The first-order valence-corrected chi connectivity index (χ1v) is 20.7. The van der Waals surface area contributed by atoms with Crippen LogP contribution in [0.1, 0.15) is 57.2 Å². The minimum absolute atomic E-state index is 0. The third-order valence-electron chi connectivity index (χ3n) is 9.08. The molecule has 5 heteroatoms. The van der Waals surface area contributed by atoms with Crippen LogP contribution in [0.25, 0.3) is 55.6 Å². The van der Waals surface area contributed by atoms with Gasteiger partial charge in [-0.05, 0) is 57.2 Å². The monoisotopic (exact) mass is 851 g/mol. The number of fused-ring (bicyclic) bond motifs is 3. The molecule has 0 N–H and O–H groups in total. The summed E-state index contributed by atoms with van der Waals surface area (Å²) in [6.07, 6.45) is 3.93. The second-order valence-electron chi connectivity index (χ2n) is 15.3. The van der Waals surface area contributed by atoms with Crippen molar-refractivity contribution in [3.8, 4) is 33.6 Å². The van der Waals surface area contributed by atoms with E-state index in [2.05, 4.69) is 168 Å². The molecule has 0 atom stereocenters. The molecular formula is C45H46IrN2OSi-2. The van der Waals surface area contributed by atoms with Crippen molar-refractivity contribution in [2.45, 2.75) is 72.5 Å². The van der Waals surface area contributed by atoms with E-state index in [9.17, 15) is 0 Å². The number of benzene rings is 4. The van der Waals surface area contributed by atoms with E-state index in [-0.39, 0.29) is 25.5 Å². The van der Waals surface area contributed by atoms with Crippen molar-refractivity contribution in [3.05, 3.63) is 138 Å². The zero-order valence-corrected chi connectivity index (χ0v) is 34.0. The molecule has 257 valence electrons. The van der Waals surface area contributed by atoms with E-state index in [1.165, 1.54) is 27.4 Å². The first kappa shape index (κ1) is 37.1. The van der Waals surface area contributed by atoms with Gasteiger partial charge in [-0.2, -0.15) is 0 Å². The SMILES string of the molecule is CC(C)(C)c1cc[c-]c(-c2ccc([Si](C)(C)C)cn2)c1.Cc1[c-]c(-c2cc(C(C)C)ccn2)cc2c1oc1ccc(-c3ccccc3)cc12.[Ir]. The van der Waals surface area contributed by atoms with Crippen LogP contribution in [0.4, 0.5) is 0 Å². The van der Waals surface area contributed by atoms with Crippen molar-refractivity contribution in [1.82, 2.24) is 9.97 Å². The van der Waals surface area contributed by atoms with Crippen molar-refractivity contribution in [2.75, 3.05) is 0 Å². The maximum atomic E-state index is 6.18. The fourth-order valence-electron chi connectivity index (χ4n) is 5.96. The summed E-state index contributed by atoms with van der Waals surface area (Å²) in [6.45, 7) is 20.2. The molecule has 3 heterocycles. The van der Waals surface area contributed by atoms with E-state index < -0.39 is 8.07 Å². The molecule has 4 aromatic carbocycles. The minimum atomic E-state index is -1.27. The van der Waals surface area contributed by atoms with E-state index in [1.54, 1.807) is 0 Å². The molecule has 0 unspecified atom stereocenters. The fourth-order valence-corrected chi connectivity index (χ4v) is 6.99. The van der Waals surface area contributed by atoms with Crippen LogP contribution in [0.3, 0.4) is 0 Å². The predicted octanol–water partition coefficient (Wildman–Crippen LogP) is 11.9. The molecule has 0 saturated carbocycles. The number of hydrogen-bond donors (Lipinski definition) is 0. The van der Waals surface area contributed by atoms with Crippen LogP contribution < -0.4 is 5.19 Å². The summed E-state index contributed by atoms with van der Waals surface area (Å²) in [4.78, 5) is 9.25. The Morgan fingerprint density at radius 1 is 0.740 bits per heavy atom. The van der Waals surface area contributed by atoms with Crippen LogP contribution >= 0.6 is 0 Å². The predicted molar refractivity (Wildman–Crippen MR) is 210 cm³/mol. The standard InChI is InChI=1S/C27H22NO.C18H24NSi.Ir/c1-17(2)20-11-12-28-25(16-20)22-13-18(3)27-24(15-22)23-14-21(9-10-26(23)29-27)19-7-5-4-6-8-19;1-18(2,3)15-9-7-8-14(12-15)17-11-10-16(13-19-17)20(4,5)6;/h4-12,14-17H,1-3H3;7,9-13H,1-6H3;/q2*-1;. The average molecular weight is 851 g/mol. The Balaban J connectivity index is 0.000000204. The zero-order valence-electron chi connectivity index (χ0n) is 30.6. The second kappa shape index (κ2) is 15.0. The van der Waals surface area contributed by atoms with E-state index >= 15 is 0 Å². The summed E-state index contributed by atoms with van der Waals surface area (Å²) >= 11 is 0. The Labute approximate surface area is 312 Å². The van der Waals surface area contributed by atoms with Crippen LogP contribution in [0.15, 0.2) is 114 Å². The summed E-state index contributed by atoms with van der Waals surface area (Å²) in [6, 6.07) is 40.8. The molecule has 50 heavy (non-hydrogen) atoms. The van der Waals surface area contributed by atoms with Crippen molar-refractivity contribution in [1.29, 1.82) is 0 Å². The van der Waals surface area contributed by atoms with Crippen LogP contribution in [-0.2, 0) is 25.5 Å².